The van der Waals surface area contributed by atoms with Gasteiger partial charge in [0.15, 0.2) is 10.9 Å². The molecule has 2 aromatic heterocycles. The van der Waals surface area contributed by atoms with Crippen LogP contribution in [0.2, 0.25) is 0 Å². The van der Waals surface area contributed by atoms with E-state index in [4.69, 9.17) is 4.74 Å². The van der Waals surface area contributed by atoms with E-state index in [-0.39, 0.29) is 5.78 Å². The highest BCUT2D eigenvalue weighted by atomic mass is 32.2. The van der Waals surface area contributed by atoms with Gasteiger partial charge in [-0.1, -0.05) is 29.5 Å². The van der Waals surface area contributed by atoms with Gasteiger partial charge in [-0.05, 0) is 52.3 Å². The topological polar surface area (TPSA) is 89.9 Å². The number of nitrogens with one attached hydrogen (secondary N) is 1. The molecule has 2 heterocycles. The lowest BCUT2D eigenvalue weighted by Gasteiger charge is -2.12. The summed E-state index contributed by atoms with van der Waals surface area (Å²) in [5, 5.41) is 8.65. The van der Waals surface area contributed by atoms with E-state index in [2.05, 4.69) is 15.2 Å². The summed E-state index contributed by atoms with van der Waals surface area (Å²) in [6.07, 6.45) is 0. The Morgan fingerprint density at radius 3 is 2.38 bits per heavy atom. The zero-order valence-corrected chi connectivity index (χ0v) is 18.2. The number of hydrogen-bond donors (Lipinski definition) is 1. The van der Waals surface area contributed by atoms with Gasteiger partial charge in [-0.2, -0.15) is 0 Å². The first kappa shape index (κ1) is 20.9. The van der Waals surface area contributed by atoms with E-state index in [9.17, 15) is 9.59 Å². The van der Waals surface area contributed by atoms with Crippen molar-refractivity contribution in [3.63, 3.8) is 0 Å². The van der Waals surface area contributed by atoms with E-state index in [1.807, 2.05) is 49.6 Å². The summed E-state index contributed by atoms with van der Waals surface area (Å²) >= 11 is 1.33. The molecule has 1 aromatic carbocycles. The molecule has 0 amide bonds. The first-order chi connectivity index (χ1) is 13.7. The number of aryl methyl sites for hydroxylation is 3. The zero-order valence-electron chi connectivity index (χ0n) is 17.4. The van der Waals surface area contributed by atoms with Crippen molar-refractivity contribution >= 4 is 23.5 Å². The Bertz CT molecular complexity index is 1070. The Hall–Kier alpha value is -2.87. The third-order valence-corrected chi connectivity index (χ3v) is 5.85. The van der Waals surface area contributed by atoms with Gasteiger partial charge in [-0.25, -0.2) is 4.79 Å². The number of nitrogens with zero attached hydrogens (tertiary/aromatic N) is 3. The predicted octanol–water partition coefficient (Wildman–Crippen LogP) is 3.98. The van der Waals surface area contributed by atoms with E-state index < -0.39 is 11.2 Å². The maximum absolute atomic E-state index is 13.1. The number of carbonyl (C=O) groups excluding carboxylic acids is 2. The highest BCUT2D eigenvalue weighted by molar-refractivity contribution is 8.00. The van der Waals surface area contributed by atoms with Gasteiger partial charge < -0.3 is 9.72 Å². The number of rotatable bonds is 6. The minimum atomic E-state index is -0.453. The van der Waals surface area contributed by atoms with Gasteiger partial charge >= 0.3 is 5.97 Å². The highest BCUT2D eigenvalue weighted by Gasteiger charge is 2.27. The smallest absolute Gasteiger partial charge is 0.339 e. The van der Waals surface area contributed by atoms with Crippen LogP contribution in [0.4, 0.5) is 0 Å². The molecule has 0 aliphatic rings. The van der Waals surface area contributed by atoms with Gasteiger partial charge in [-0.15, -0.1) is 10.2 Å². The maximum atomic E-state index is 13.1. The fourth-order valence-electron chi connectivity index (χ4n) is 3.23. The maximum Gasteiger partial charge on any atom is 0.339 e. The quantitative estimate of drug-likeness (QED) is 0.374. The molecule has 0 aliphatic heterocycles. The molecule has 0 saturated carbocycles. The monoisotopic (exact) mass is 412 g/mol. The Labute approximate surface area is 173 Å². The molecule has 7 nitrogen and oxygen atoms in total. The van der Waals surface area contributed by atoms with E-state index in [1.54, 1.807) is 13.8 Å². The SMILES string of the molecule is COC(=O)c1c(C)[nH]c(C(=O)[C@H](C)Sc2nnc(C)n2-c2ccc(C)cc2)c1C. The number of aromatic nitrogens is 4. The van der Waals surface area contributed by atoms with Crippen LogP contribution in [-0.2, 0) is 4.74 Å². The van der Waals surface area contributed by atoms with E-state index in [0.717, 1.165) is 17.1 Å². The first-order valence-electron chi connectivity index (χ1n) is 9.22. The predicted molar refractivity (Wildman–Crippen MR) is 112 cm³/mol. The van der Waals surface area contributed by atoms with Crippen LogP contribution in [0, 0.1) is 27.7 Å². The third-order valence-electron chi connectivity index (χ3n) is 4.81. The molecular formula is C21H24N4O3S. The standard InChI is InChI=1S/C21H24N4O3S/c1-11-7-9-16(10-8-11)25-15(5)23-24-21(25)29-14(4)19(26)18-12(2)17(13(3)22-18)20(27)28-6/h7-10,14,22H,1-6H3/t14-/m0/s1. The van der Waals surface area contributed by atoms with Crippen LogP contribution in [0.25, 0.3) is 5.69 Å². The van der Waals surface area contributed by atoms with Gasteiger partial charge in [-0.3, -0.25) is 9.36 Å². The lowest BCUT2D eigenvalue weighted by molar-refractivity contribution is 0.0599. The lowest BCUT2D eigenvalue weighted by atomic mass is 10.1. The fourth-order valence-corrected chi connectivity index (χ4v) is 4.20. The summed E-state index contributed by atoms with van der Waals surface area (Å²) < 4.78 is 6.76. The van der Waals surface area contributed by atoms with Crippen LogP contribution in [0.1, 0.15) is 50.4 Å². The van der Waals surface area contributed by atoms with Gasteiger partial charge in [0, 0.05) is 11.4 Å². The van der Waals surface area contributed by atoms with Gasteiger partial charge in [0.2, 0.25) is 0 Å². The van der Waals surface area contributed by atoms with Gasteiger partial charge in [0.05, 0.1) is 23.6 Å². The molecule has 0 spiro atoms. The fraction of sp³-hybridized carbons (Fsp3) is 0.333. The number of benzene rings is 1. The van der Waals surface area contributed by atoms with Crippen molar-refractivity contribution in [1.29, 1.82) is 0 Å². The van der Waals surface area contributed by atoms with Crippen LogP contribution in [-0.4, -0.2) is 43.9 Å². The molecule has 1 atom stereocenters. The van der Waals surface area contributed by atoms with E-state index in [1.165, 1.54) is 18.9 Å². The Balaban J connectivity index is 1.88. The van der Waals surface area contributed by atoms with Gasteiger partial charge in [0.1, 0.15) is 5.82 Å². The second-order valence-electron chi connectivity index (χ2n) is 6.94. The molecule has 1 N–H and O–H groups in total. The molecule has 29 heavy (non-hydrogen) atoms. The summed E-state index contributed by atoms with van der Waals surface area (Å²) in [6, 6.07) is 8.06. The number of H-pyrrole nitrogens is 1. The summed E-state index contributed by atoms with van der Waals surface area (Å²) in [6.45, 7) is 9.24. The molecule has 0 saturated heterocycles. The van der Waals surface area contributed by atoms with Crippen molar-refractivity contribution in [2.24, 2.45) is 0 Å². The van der Waals surface area contributed by atoms with E-state index in [0.29, 0.717) is 27.7 Å². The molecule has 0 bridgehead atoms. The Morgan fingerprint density at radius 1 is 1.10 bits per heavy atom. The number of esters is 1. The van der Waals surface area contributed by atoms with Crippen LogP contribution >= 0.6 is 11.8 Å². The second kappa shape index (κ2) is 8.24. The van der Waals surface area contributed by atoms with Crippen LogP contribution in [0.5, 0.6) is 0 Å². The number of Topliss-reactive ketones (excluding diaryl/α,β-unsaturated/α-hetero) is 1. The lowest BCUT2D eigenvalue weighted by Crippen LogP contribution is -2.16. The van der Waals surface area contributed by atoms with Crippen molar-refractivity contribution in [2.75, 3.05) is 7.11 Å². The summed E-state index contributed by atoms with van der Waals surface area (Å²) in [7, 11) is 1.33. The average molecular weight is 413 g/mol. The number of aromatic amines is 1. The molecule has 0 radical (unpaired) electrons. The van der Waals surface area contributed by atoms with Crippen molar-refractivity contribution in [2.45, 2.75) is 45.0 Å². The molecule has 8 heteroatoms. The molecule has 152 valence electrons. The van der Waals surface area contributed by atoms with Crippen molar-refractivity contribution in [3.05, 3.63) is 58.2 Å². The summed E-state index contributed by atoms with van der Waals surface area (Å²) in [4.78, 5) is 28.1. The number of carbonyl (C=O) groups is 2. The normalized spacial score (nSPS) is 12.1. The Morgan fingerprint density at radius 2 is 1.76 bits per heavy atom. The average Bonchev–Trinajstić information content (AvgIpc) is 3.20. The first-order valence-corrected chi connectivity index (χ1v) is 10.1. The van der Waals surface area contributed by atoms with Crippen molar-refractivity contribution in [1.82, 2.24) is 19.7 Å². The van der Waals surface area contributed by atoms with E-state index >= 15 is 0 Å². The Kier molecular flexibility index (Phi) is 5.93. The number of thioether (sulfide) groups is 1. The molecular weight excluding hydrogens is 388 g/mol. The van der Waals surface area contributed by atoms with Crippen LogP contribution in [0.15, 0.2) is 29.4 Å². The molecule has 0 aliphatic carbocycles. The number of ether oxygens (including phenoxy) is 1. The van der Waals surface area contributed by atoms with Crippen molar-refractivity contribution < 1.29 is 14.3 Å². The number of hydrogen-bond acceptors (Lipinski definition) is 6. The van der Waals surface area contributed by atoms with Crippen LogP contribution in [0.3, 0.4) is 0 Å². The molecule has 3 rings (SSSR count). The molecule has 0 unspecified atom stereocenters. The van der Waals surface area contributed by atoms with Crippen LogP contribution < -0.4 is 0 Å². The number of methoxy groups -OCH3 is 1. The summed E-state index contributed by atoms with van der Waals surface area (Å²) in [5.74, 6) is 0.183. The minimum Gasteiger partial charge on any atom is -0.465 e. The molecule has 0 fully saturated rings. The highest BCUT2D eigenvalue weighted by Crippen LogP contribution is 2.29. The second-order valence-corrected chi connectivity index (χ2v) is 8.25. The molecule has 3 aromatic rings. The zero-order chi connectivity index (χ0) is 21.3. The van der Waals surface area contributed by atoms with Gasteiger partial charge in [0.25, 0.3) is 0 Å². The van der Waals surface area contributed by atoms with Crippen molar-refractivity contribution in [3.8, 4) is 5.69 Å². The summed E-state index contributed by atoms with van der Waals surface area (Å²) in [5.41, 5.74) is 4.15. The third kappa shape index (κ3) is 3.98. The largest absolute Gasteiger partial charge is 0.465 e. The minimum absolute atomic E-state index is 0.109. The number of ketones is 1.